The van der Waals surface area contributed by atoms with Crippen molar-refractivity contribution in [3.8, 4) is 0 Å². The van der Waals surface area contributed by atoms with E-state index in [1.807, 2.05) is 0 Å². The molecule has 0 saturated carbocycles. The Bertz CT molecular complexity index is 364. The van der Waals surface area contributed by atoms with E-state index >= 15 is 0 Å². The summed E-state index contributed by atoms with van der Waals surface area (Å²) in [6, 6.07) is 14.0. The number of rotatable bonds is 6. The van der Waals surface area contributed by atoms with Crippen LogP contribution in [0.15, 0.2) is 30.3 Å². The minimum absolute atomic E-state index is 0.0607. The molecule has 1 saturated heterocycles. The van der Waals surface area contributed by atoms with Crippen LogP contribution >= 0.6 is 11.8 Å². The highest BCUT2D eigenvalue weighted by atomic mass is 32.2. The van der Waals surface area contributed by atoms with Crippen molar-refractivity contribution in [3.05, 3.63) is 35.9 Å². The van der Waals surface area contributed by atoms with Crippen LogP contribution in [0.1, 0.15) is 32.3 Å². The average molecular weight is 311 g/mol. The van der Waals surface area contributed by atoms with Gasteiger partial charge in [-0.1, -0.05) is 42.4 Å². The Hall–Kier alpha value is -0.0362. The van der Waals surface area contributed by atoms with Gasteiger partial charge in [0.25, 0.3) is 0 Å². The summed E-state index contributed by atoms with van der Waals surface area (Å²) in [5.41, 5.74) is 1.45. The molecule has 0 radical (unpaired) electrons. The molecule has 0 aromatic heterocycles. The van der Waals surface area contributed by atoms with Gasteiger partial charge < -0.3 is 4.43 Å². The fourth-order valence-electron chi connectivity index (χ4n) is 2.66. The molecule has 1 aromatic carbocycles. The van der Waals surface area contributed by atoms with Gasteiger partial charge in [-0.3, -0.25) is 0 Å². The molecule has 106 valence electrons. The van der Waals surface area contributed by atoms with E-state index in [9.17, 15) is 0 Å². The Morgan fingerprint density at radius 1 is 1.32 bits per heavy atom. The quantitative estimate of drug-likeness (QED) is 0.589. The Balaban J connectivity index is 1.69. The first-order valence-electron chi connectivity index (χ1n) is 7.46. The third kappa shape index (κ3) is 5.10. The molecule has 1 atom stereocenters. The molecule has 0 bridgehead atoms. The molecule has 0 aliphatic carbocycles. The molecular weight excluding hydrogens is 284 g/mol. The molecule has 4 heteroatoms. The molecule has 1 aliphatic rings. The predicted molar refractivity (Wildman–Crippen MR) is 92.4 cm³/mol. The summed E-state index contributed by atoms with van der Waals surface area (Å²) in [4.78, 5) is 0. The molecule has 0 amide bonds. The lowest BCUT2D eigenvalue weighted by Gasteiger charge is -2.25. The van der Waals surface area contributed by atoms with Crippen molar-refractivity contribution >= 4 is 29.4 Å². The highest BCUT2D eigenvalue weighted by molar-refractivity contribution is 8.00. The van der Waals surface area contributed by atoms with Crippen LogP contribution in [0, 0.1) is 0 Å². The predicted octanol–water partition coefficient (Wildman–Crippen LogP) is 3.27. The Morgan fingerprint density at radius 3 is 2.79 bits per heavy atom. The summed E-state index contributed by atoms with van der Waals surface area (Å²) < 4.78 is 6.00. The van der Waals surface area contributed by atoms with Gasteiger partial charge in [-0.25, -0.2) is 0 Å². The number of hydrogen-bond acceptors (Lipinski definition) is 2. The maximum atomic E-state index is 5.74. The summed E-state index contributed by atoms with van der Waals surface area (Å²) >= 11 is 2.12. The third-order valence-electron chi connectivity index (χ3n) is 3.94. The zero-order valence-corrected chi connectivity index (χ0v) is 15.6. The van der Waals surface area contributed by atoms with Crippen LogP contribution in [0.4, 0.5) is 0 Å². The van der Waals surface area contributed by atoms with Crippen molar-refractivity contribution in [2.75, 3.05) is 12.4 Å². The van der Waals surface area contributed by atoms with Gasteiger partial charge in [0, 0.05) is 11.4 Å². The van der Waals surface area contributed by atoms with E-state index in [4.69, 9.17) is 4.43 Å². The molecule has 0 N–H and O–H groups in total. The third-order valence-corrected chi connectivity index (χ3v) is 13.4. The van der Waals surface area contributed by atoms with Gasteiger partial charge in [0.05, 0.1) is 8.31 Å². The zero-order chi connectivity index (χ0) is 13.6. The van der Waals surface area contributed by atoms with Crippen molar-refractivity contribution in [1.82, 2.24) is 0 Å². The maximum absolute atomic E-state index is 5.74. The van der Waals surface area contributed by atoms with Gasteiger partial charge in [-0.2, -0.15) is 11.8 Å². The van der Waals surface area contributed by atoms with E-state index in [0.717, 1.165) is 6.61 Å². The number of benzene rings is 1. The van der Waals surface area contributed by atoms with Crippen LogP contribution < -0.4 is 0 Å². The van der Waals surface area contributed by atoms with E-state index in [-0.39, 0.29) is 22.3 Å². The van der Waals surface area contributed by atoms with E-state index in [2.05, 4.69) is 55.9 Å². The van der Waals surface area contributed by atoms with Gasteiger partial charge in [0.2, 0.25) is 0 Å². The first-order valence-corrected chi connectivity index (χ1v) is 13.9. The summed E-state index contributed by atoms with van der Waals surface area (Å²) in [7, 11) is -0.443. The van der Waals surface area contributed by atoms with Crippen molar-refractivity contribution in [2.45, 2.75) is 43.5 Å². The summed E-state index contributed by atoms with van der Waals surface area (Å²) in [5, 5.41) is 0. The van der Waals surface area contributed by atoms with Gasteiger partial charge >= 0.3 is 0 Å². The van der Waals surface area contributed by atoms with Crippen molar-refractivity contribution < 1.29 is 4.43 Å². The van der Waals surface area contributed by atoms with E-state index in [0.29, 0.717) is 0 Å². The second kappa shape index (κ2) is 7.67. The fourth-order valence-corrected chi connectivity index (χ4v) is 11.2. The van der Waals surface area contributed by atoms with Crippen molar-refractivity contribution in [2.24, 2.45) is 0 Å². The Labute approximate surface area is 125 Å². The minimum atomic E-state index is -0.382. The fraction of sp³-hybridized carbons (Fsp3) is 0.600. The molecule has 1 heterocycles. The van der Waals surface area contributed by atoms with E-state index in [1.54, 1.807) is 6.04 Å². The van der Waals surface area contributed by atoms with E-state index in [1.165, 1.54) is 30.2 Å². The minimum Gasteiger partial charge on any atom is -0.428 e. The smallest absolute Gasteiger partial charge is 0.147 e. The van der Waals surface area contributed by atoms with Crippen LogP contribution in [0.25, 0.3) is 0 Å². The standard InChI is InChI=1S/C15H26OSSi2/c1-15(2,14-8-4-3-5-9-14)17-11-7-13-19-12-6-10-16-18-19/h3-5,8-9,19H,6-7,10-13,18H2,1-2H3. The average Bonchev–Trinajstić information content (AvgIpc) is 2.46. The molecule has 19 heavy (non-hydrogen) atoms. The van der Waals surface area contributed by atoms with Crippen LogP contribution in [0.2, 0.25) is 12.1 Å². The molecule has 1 unspecified atom stereocenters. The highest BCUT2D eigenvalue weighted by Gasteiger charge is 2.21. The topological polar surface area (TPSA) is 9.23 Å². The monoisotopic (exact) mass is 310 g/mol. The SMILES string of the molecule is CC(C)(SCCC[SiH]1CCCO[SiH2]1)c1ccccc1. The maximum Gasteiger partial charge on any atom is 0.147 e. The molecule has 0 spiro atoms. The number of thioether (sulfide) groups is 1. The first-order chi connectivity index (χ1) is 9.18. The van der Waals surface area contributed by atoms with Gasteiger partial charge in [-0.05, 0) is 38.0 Å². The molecule has 2 rings (SSSR count). The normalized spacial score (nSPS) is 21.7. The molecule has 1 aromatic rings. The van der Waals surface area contributed by atoms with E-state index < -0.39 is 0 Å². The summed E-state index contributed by atoms with van der Waals surface area (Å²) in [5.74, 6) is 1.31. The lowest BCUT2D eigenvalue weighted by molar-refractivity contribution is 0.335. The molecular formula is C15H26OSSi2. The molecule has 1 aliphatic heterocycles. The lowest BCUT2D eigenvalue weighted by Crippen LogP contribution is -2.30. The Morgan fingerprint density at radius 2 is 2.11 bits per heavy atom. The van der Waals surface area contributed by atoms with Crippen molar-refractivity contribution in [1.29, 1.82) is 0 Å². The van der Waals surface area contributed by atoms with Crippen LogP contribution in [0.3, 0.4) is 0 Å². The second-order valence-corrected chi connectivity index (χ2v) is 15.8. The van der Waals surface area contributed by atoms with Gasteiger partial charge in [-0.15, -0.1) is 0 Å². The largest absolute Gasteiger partial charge is 0.428 e. The van der Waals surface area contributed by atoms with Crippen molar-refractivity contribution in [3.63, 3.8) is 0 Å². The summed E-state index contributed by atoms with van der Waals surface area (Å²) in [6.07, 6.45) is 2.76. The first kappa shape index (κ1) is 15.4. The Kier molecular flexibility index (Phi) is 6.20. The zero-order valence-electron chi connectivity index (χ0n) is 12.2. The molecule has 1 nitrogen and oxygen atoms in total. The lowest BCUT2D eigenvalue weighted by atomic mass is 10.0. The van der Waals surface area contributed by atoms with Gasteiger partial charge in [0.1, 0.15) is 9.28 Å². The van der Waals surface area contributed by atoms with Crippen LogP contribution in [0.5, 0.6) is 0 Å². The highest BCUT2D eigenvalue weighted by Crippen LogP contribution is 2.36. The summed E-state index contributed by atoms with van der Waals surface area (Å²) in [6.45, 7) is 5.78. The van der Waals surface area contributed by atoms with Gasteiger partial charge in [0.15, 0.2) is 0 Å². The van der Waals surface area contributed by atoms with Crippen LogP contribution in [-0.4, -0.2) is 30.0 Å². The number of hydrogen-bond donors (Lipinski definition) is 0. The second-order valence-electron chi connectivity index (χ2n) is 5.95. The van der Waals surface area contributed by atoms with Crippen LogP contribution in [-0.2, 0) is 9.17 Å². The molecule has 1 fully saturated rings.